The van der Waals surface area contributed by atoms with Crippen molar-refractivity contribution < 1.29 is 33.1 Å². The molecule has 0 aliphatic heterocycles. The second-order valence-corrected chi connectivity index (χ2v) is 9.55. The zero-order valence-electron chi connectivity index (χ0n) is 18.5. The largest absolute Gasteiger partial charge is 0.497 e. The van der Waals surface area contributed by atoms with Crippen LogP contribution in [0.4, 0.5) is 0 Å². The second-order valence-electron chi connectivity index (χ2n) is 8.31. The number of phosphoric acid groups is 1. The Balaban J connectivity index is 1.46. The van der Waals surface area contributed by atoms with Crippen LogP contribution in [0.1, 0.15) is 42.7 Å². The van der Waals surface area contributed by atoms with Gasteiger partial charge >= 0.3 is 7.82 Å². The molecule has 0 heterocycles. The van der Waals surface area contributed by atoms with E-state index in [1.807, 2.05) is 42.5 Å². The number of aryl methyl sites for hydroxylation is 1. The van der Waals surface area contributed by atoms with Crippen molar-refractivity contribution in [2.75, 3.05) is 27.4 Å². The lowest BCUT2D eigenvalue weighted by molar-refractivity contribution is 0.153. The maximum atomic E-state index is 11.0. The first-order valence-electron chi connectivity index (χ1n) is 10.6. The Bertz CT molecular complexity index is 908. The fourth-order valence-electron chi connectivity index (χ4n) is 4.10. The van der Waals surface area contributed by atoms with Crippen LogP contribution >= 0.6 is 7.82 Å². The van der Waals surface area contributed by atoms with Crippen molar-refractivity contribution in [3.05, 3.63) is 53.6 Å². The average Bonchev–Trinajstić information content (AvgIpc) is 3.17. The SMILES string of the molecule is COc1cc(CCCOc2ccc([C@@H]3CC[C@@](N)(COP(=O)(O)O)C3)cc2)cc(OC)c1. The van der Waals surface area contributed by atoms with Crippen molar-refractivity contribution in [3.63, 3.8) is 0 Å². The summed E-state index contributed by atoms with van der Waals surface area (Å²) in [5.41, 5.74) is 7.84. The molecule has 1 fully saturated rings. The van der Waals surface area contributed by atoms with E-state index >= 15 is 0 Å². The van der Waals surface area contributed by atoms with E-state index < -0.39 is 13.4 Å². The Labute approximate surface area is 188 Å². The van der Waals surface area contributed by atoms with Crippen LogP contribution < -0.4 is 19.9 Å². The molecule has 4 N–H and O–H groups in total. The number of benzene rings is 2. The molecule has 1 aliphatic rings. The number of hydrogen-bond acceptors (Lipinski definition) is 6. The van der Waals surface area contributed by atoms with Crippen LogP contribution in [0.15, 0.2) is 42.5 Å². The predicted octanol–water partition coefficient (Wildman–Crippen LogP) is 3.79. The summed E-state index contributed by atoms with van der Waals surface area (Å²) in [5, 5.41) is 0. The lowest BCUT2D eigenvalue weighted by atomic mass is 9.94. The van der Waals surface area contributed by atoms with Crippen LogP contribution in [-0.2, 0) is 15.5 Å². The zero-order valence-corrected chi connectivity index (χ0v) is 19.4. The standard InChI is InChI=1S/C23H32NO7P/c1-28-21-12-17(13-22(14-21)29-2)4-3-11-30-20-7-5-18(6-8-20)19-9-10-23(24,15-19)16-31-32(25,26)27/h5-8,12-14,19H,3-4,9-11,15-16,24H2,1-2H3,(H2,25,26,27)/t19-,23+/m1/s1. The van der Waals surface area contributed by atoms with Gasteiger partial charge in [-0.2, -0.15) is 0 Å². The minimum Gasteiger partial charge on any atom is -0.497 e. The number of hydrogen-bond donors (Lipinski definition) is 3. The third-order valence-electron chi connectivity index (χ3n) is 5.81. The molecule has 2 aromatic carbocycles. The van der Waals surface area contributed by atoms with Crippen molar-refractivity contribution in [2.45, 2.75) is 43.6 Å². The van der Waals surface area contributed by atoms with Gasteiger partial charge in [0.2, 0.25) is 0 Å². The second kappa shape index (κ2) is 10.7. The molecule has 8 nitrogen and oxygen atoms in total. The number of methoxy groups -OCH3 is 2. The molecule has 2 aromatic rings. The average molecular weight is 465 g/mol. The molecule has 2 atom stereocenters. The topological polar surface area (TPSA) is 120 Å². The van der Waals surface area contributed by atoms with Crippen molar-refractivity contribution in [2.24, 2.45) is 5.73 Å². The molecule has 0 bridgehead atoms. The number of nitrogens with two attached hydrogens (primary N) is 1. The molecule has 0 amide bonds. The maximum Gasteiger partial charge on any atom is 0.469 e. The molecule has 1 saturated carbocycles. The Kier molecular flexibility index (Phi) is 8.20. The summed E-state index contributed by atoms with van der Waals surface area (Å²) in [6.45, 7) is 0.446. The highest BCUT2D eigenvalue weighted by Crippen LogP contribution is 2.43. The monoisotopic (exact) mass is 465 g/mol. The van der Waals surface area contributed by atoms with Crippen LogP contribution in [0, 0.1) is 0 Å². The molecule has 3 rings (SSSR count). The third kappa shape index (κ3) is 7.22. The molecular weight excluding hydrogens is 433 g/mol. The lowest BCUT2D eigenvalue weighted by Crippen LogP contribution is -2.41. The summed E-state index contributed by atoms with van der Waals surface area (Å²) < 4.78 is 32.1. The van der Waals surface area contributed by atoms with Crippen LogP contribution in [0.5, 0.6) is 17.2 Å². The van der Waals surface area contributed by atoms with E-state index in [9.17, 15) is 4.57 Å². The highest BCUT2D eigenvalue weighted by atomic mass is 31.2. The highest BCUT2D eigenvalue weighted by molar-refractivity contribution is 7.46. The number of ether oxygens (including phenoxy) is 3. The van der Waals surface area contributed by atoms with Crippen molar-refractivity contribution in [1.29, 1.82) is 0 Å². The Morgan fingerprint density at radius 1 is 1.06 bits per heavy atom. The lowest BCUT2D eigenvalue weighted by Gasteiger charge is -2.24. The van der Waals surface area contributed by atoms with E-state index in [0.717, 1.165) is 47.6 Å². The van der Waals surface area contributed by atoms with Crippen LogP contribution in [0.25, 0.3) is 0 Å². The summed E-state index contributed by atoms with van der Waals surface area (Å²) in [6, 6.07) is 13.8. The van der Waals surface area contributed by atoms with Gasteiger partial charge in [0.25, 0.3) is 0 Å². The van der Waals surface area contributed by atoms with Gasteiger partial charge in [0.05, 0.1) is 27.4 Å². The van der Waals surface area contributed by atoms with Crippen molar-refractivity contribution >= 4 is 7.82 Å². The molecular formula is C23H32NO7P. The molecule has 176 valence electrons. The highest BCUT2D eigenvalue weighted by Gasteiger charge is 2.38. The molecule has 0 spiro atoms. The molecule has 9 heteroatoms. The van der Waals surface area contributed by atoms with E-state index in [1.54, 1.807) is 14.2 Å². The van der Waals surface area contributed by atoms with Gasteiger partial charge in [-0.05, 0) is 73.4 Å². The van der Waals surface area contributed by atoms with E-state index in [2.05, 4.69) is 4.52 Å². The Morgan fingerprint density at radius 3 is 2.31 bits per heavy atom. The van der Waals surface area contributed by atoms with E-state index in [-0.39, 0.29) is 12.5 Å². The summed E-state index contributed by atoms with van der Waals surface area (Å²) in [5.74, 6) is 2.59. The maximum absolute atomic E-state index is 11.0. The third-order valence-corrected chi connectivity index (χ3v) is 6.27. The summed E-state index contributed by atoms with van der Waals surface area (Å²) in [4.78, 5) is 17.8. The van der Waals surface area contributed by atoms with Crippen molar-refractivity contribution in [3.8, 4) is 17.2 Å². The molecule has 0 radical (unpaired) electrons. The van der Waals surface area contributed by atoms with E-state index in [0.29, 0.717) is 19.4 Å². The van der Waals surface area contributed by atoms with Gasteiger partial charge in [0, 0.05) is 11.6 Å². The Morgan fingerprint density at radius 2 is 1.72 bits per heavy atom. The Hall–Kier alpha value is -2.09. The fourth-order valence-corrected chi connectivity index (χ4v) is 4.52. The van der Waals surface area contributed by atoms with Gasteiger partial charge in [-0.3, -0.25) is 4.52 Å². The predicted molar refractivity (Wildman–Crippen MR) is 121 cm³/mol. The van der Waals surface area contributed by atoms with Gasteiger partial charge in [-0.15, -0.1) is 0 Å². The first kappa shape index (κ1) is 24.6. The quantitative estimate of drug-likeness (QED) is 0.339. The number of phosphoric ester groups is 1. The summed E-state index contributed by atoms with van der Waals surface area (Å²) >= 11 is 0. The summed E-state index contributed by atoms with van der Waals surface area (Å²) in [7, 11) is -1.23. The first-order valence-corrected chi connectivity index (χ1v) is 12.2. The van der Waals surface area contributed by atoms with Gasteiger partial charge in [-0.25, -0.2) is 4.57 Å². The smallest absolute Gasteiger partial charge is 0.469 e. The van der Waals surface area contributed by atoms with Crippen LogP contribution in [-0.4, -0.2) is 42.8 Å². The van der Waals surface area contributed by atoms with Crippen LogP contribution in [0.3, 0.4) is 0 Å². The summed E-state index contributed by atoms with van der Waals surface area (Å²) in [6.07, 6.45) is 3.84. The molecule has 0 aromatic heterocycles. The fraction of sp³-hybridized carbons (Fsp3) is 0.478. The molecule has 0 unspecified atom stereocenters. The van der Waals surface area contributed by atoms with Gasteiger partial charge in [0.15, 0.2) is 0 Å². The van der Waals surface area contributed by atoms with Gasteiger partial charge in [-0.1, -0.05) is 12.1 Å². The van der Waals surface area contributed by atoms with Crippen molar-refractivity contribution in [1.82, 2.24) is 0 Å². The van der Waals surface area contributed by atoms with Crippen LogP contribution in [0.2, 0.25) is 0 Å². The zero-order chi connectivity index (χ0) is 23.2. The minimum absolute atomic E-state index is 0.145. The van der Waals surface area contributed by atoms with Gasteiger partial charge < -0.3 is 29.7 Å². The molecule has 32 heavy (non-hydrogen) atoms. The normalized spacial score (nSPS) is 20.8. The molecule has 0 saturated heterocycles. The van der Waals surface area contributed by atoms with E-state index in [1.165, 1.54) is 0 Å². The van der Waals surface area contributed by atoms with E-state index in [4.69, 9.17) is 29.7 Å². The minimum atomic E-state index is -4.51. The number of rotatable bonds is 11. The van der Waals surface area contributed by atoms with Gasteiger partial charge in [0.1, 0.15) is 17.2 Å². The first-order chi connectivity index (χ1) is 15.2. The molecule has 1 aliphatic carbocycles.